The van der Waals surface area contributed by atoms with Crippen molar-refractivity contribution in [1.82, 2.24) is 10.2 Å². The number of nitrogens with zero attached hydrogens (tertiary/aromatic N) is 1. The van der Waals surface area contributed by atoms with E-state index in [1.165, 1.54) is 4.90 Å². The van der Waals surface area contributed by atoms with Gasteiger partial charge in [-0.1, -0.05) is 0 Å². The molecule has 72 valence electrons. The van der Waals surface area contributed by atoms with E-state index >= 15 is 0 Å². The minimum atomic E-state index is -0.386. The lowest BCUT2D eigenvalue weighted by Crippen LogP contribution is -2.50. The zero-order chi connectivity index (χ0) is 9.78. The molecule has 0 bridgehead atoms. The zero-order valence-electron chi connectivity index (χ0n) is 7.92. The molecule has 1 N–H and O–H groups in total. The van der Waals surface area contributed by atoms with Crippen molar-refractivity contribution in [1.29, 1.82) is 0 Å². The van der Waals surface area contributed by atoms with Gasteiger partial charge in [-0.25, -0.2) is 4.79 Å². The average molecular weight is 192 g/mol. The van der Waals surface area contributed by atoms with Crippen LogP contribution in [-0.4, -0.2) is 37.2 Å². The predicted molar refractivity (Wildman–Crippen MR) is 51.2 cm³/mol. The molecule has 4 nitrogen and oxygen atoms in total. The molecule has 12 heavy (non-hydrogen) atoms. The highest BCUT2D eigenvalue weighted by molar-refractivity contribution is 7.75. The van der Waals surface area contributed by atoms with Gasteiger partial charge < -0.3 is 14.4 Å². The lowest BCUT2D eigenvalue weighted by molar-refractivity contribution is 0.189. The zero-order valence-corrected chi connectivity index (χ0v) is 8.81. The van der Waals surface area contributed by atoms with Crippen molar-refractivity contribution < 1.29 is 8.98 Å². The number of amides is 2. The Hall–Kier alpha value is -0.420. The fourth-order valence-electron chi connectivity index (χ4n) is 0.599. The minimum Gasteiger partial charge on any atom is -0.331 e. The highest BCUT2D eigenvalue weighted by atomic mass is 32.1. The van der Waals surface area contributed by atoms with E-state index < -0.39 is 0 Å². The topological polar surface area (TPSA) is 41.6 Å². The molecular formula is C7H16N2O2S. The van der Waals surface area contributed by atoms with Gasteiger partial charge in [-0.05, 0) is 26.8 Å². The van der Waals surface area contributed by atoms with Gasteiger partial charge in [0.15, 0.2) is 0 Å². The SMILES string of the molecule is CN(C)C(=O)NC(C)(C)COS. The molecule has 0 saturated carbocycles. The number of hydrogen-bond acceptors (Lipinski definition) is 3. The summed E-state index contributed by atoms with van der Waals surface area (Å²) >= 11 is 3.62. The van der Waals surface area contributed by atoms with Crippen molar-refractivity contribution in [2.45, 2.75) is 19.4 Å². The fourth-order valence-corrected chi connectivity index (χ4v) is 0.921. The van der Waals surface area contributed by atoms with Gasteiger partial charge in [-0.15, -0.1) is 0 Å². The standard InChI is InChI=1S/C7H16N2O2S/c1-7(2,5-11-12)8-6(10)9(3)4/h12H,5H2,1-4H3,(H,8,10). The van der Waals surface area contributed by atoms with Gasteiger partial charge in [0.1, 0.15) is 0 Å². The summed E-state index contributed by atoms with van der Waals surface area (Å²) in [5, 5.41) is 2.77. The molecule has 0 rings (SSSR count). The van der Waals surface area contributed by atoms with E-state index in [0.29, 0.717) is 6.61 Å². The van der Waals surface area contributed by atoms with E-state index in [9.17, 15) is 4.79 Å². The van der Waals surface area contributed by atoms with Gasteiger partial charge in [0.2, 0.25) is 0 Å². The van der Waals surface area contributed by atoms with Crippen LogP contribution in [0.2, 0.25) is 0 Å². The summed E-state index contributed by atoms with van der Waals surface area (Å²) in [7, 11) is 3.37. The molecule has 0 fully saturated rings. The molecule has 0 unspecified atom stereocenters. The lowest BCUT2D eigenvalue weighted by Gasteiger charge is -2.26. The van der Waals surface area contributed by atoms with E-state index in [0.717, 1.165) is 0 Å². The van der Waals surface area contributed by atoms with Gasteiger partial charge in [-0.3, -0.25) is 0 Å². The van der Waals surface area contributed by atoms with Crippen molar-refractivity contribution >= 4 is 18.9 Å². The normalized spacial score (nSPS) is 11.1. The van der Waals surface area contributed by atoms with Crippen LogP contribution in [-0.2, 0) is 4.18 Å². The molecule has 0 aromatic heterocycles. The van der Waals surface area contributed by atoms with E-state index in [2.05, 4.69) is 22.4 Å². The summed E-state index contributed by atoms with van der Waals surface area (Å²) in [6.07, 6.45) is 0. The Bertz CT molecular complexity index is 159. The quantitative estimate of drug-likeness (QED) is 0.515. The smallest absolute Gasteiger partial charge is 0.317 e. The number of nitrogens with one attached hydrogen (secondary N) is 1. The van der Waals surface area contributed by atoms with Gasteiger partial charge >= 0.3 is 6.03 Å². The Morgan fingerprint density at radius 3 is 2.42 bits per heavy atom. The highest BCUT2D eigenvalue weighted by Crippen LogP contribution is 2.04. The molecule has 0 aliphatic carbocycles. The Morgan fingerprint density at radius 1 is 1.58 bits per heavy atom. The molecular weight excluding hydrogens is 176 g/mol. The van der Waals surface area contributed by atoms with Crippen molar-refractivity contribution in [3.05, 3.63) is 0 Å². The molecule has 0 radical (unpaired) electrons. The monoisotopic (exact) mass is 192 g/mol. The number of carbonyl (C=O) groups is 1. The van der Waals surface area contributed by atoms with Crippen LogP contribution in [0.1, 0.15) is 13.8 Å². The first-order valence-corrected chi connectivity index (χ1v) is 4.01. The average Bonchev–Trinajstić information content (AvgIpc) is 1.85. The summed E-state index contributed by atoms with van der Waals surface area (Å²) in [4.78, 5) is 12.6. The fraction of sp³-hybridized carbons (Fsp3) is 0.857. The number of urea groups is 1. The predicted octanol–water partition coefficient (Wildman–Crippen LogP) is 0.898. The van der Waals surface area contributed by atoms with Gasteiger partial charge in [0.05, 0.1) is 12.1 Å². The summed E-state index contributed by atoms with van der Waals surface area (Å²) in [5.41, 5.74) is -0.386. The van der Waals surface area contributed by atoms with Crippen LogP contribution in [0.3, 0.4) is 0 Å². The first-order valence-electron chi connectivity index (χ1n) is 3.65. The largest absolute Gasteiger partial charge is 0.331 e. The summed E-state index contributed by atoms with van der Waals surface area (Å²) in [6, 6.07) is -0.134. The highest BCUT2D eigenvalue weighted by Gasteiger charge is 2.20. The van der Waals surface area contributed by atoms with Crippen LogP contribution in [0, 0.1) is 0 Å². The molecule has 0 spiro atoms. The lowest BCUT2D eigenvalue weighted by atomic mass is 10.1. The Morgan fingerprint density at radius 2 is 2.08 bits per heavy atom. The van der Waals surface area contributed by atoms with Gasteiger partial charge in [-0.2, -0.15) is 0 Å². The molecule has 5 heteroatoms. The number of carbonyl (C=O) groups excluding carboxylic acids is 1. The summed E-state index contributed by atoms with van der Waals surface area (Å²) in [6.45, 7) is 4.10. The second-order valence-corrected chi connectivity index (χ2v) is 3.74. The van der Waals surface area contributed by atoms with Crippen molar-refractivity contribution in [2.24, 2.45) is 0 Å². The third kappa shape index (κ3) is 4.46. The number of hydrogen-bond donors (Lipinski definition) is 2. The van der Waals surface area contributed by atoms with E-state index in [1.54, 1.807) is 14.1 Å². The van der Waals surface area contributed by atoms with Crippen LogP contribution >= 0.6 is 12.9 Å². The third-order valence-corrected chi connectivity index (χ3v) is 1.41. The molecule has 0 atom stereocenters. The van der Waals surface area contributed by atoms with Crippen molar-refractivity contribution in [3.8, 4) is 0 Å². The number of rotatable bonds is 3. The maximum atomic E-state index is 11.2. The van der Waals surface area contributed by atoms with Gasteiger partial charge in [0, 0.05) is 14.1 Å². The summed E-state index contributed by atoms with van der Waals surface area (Å²) < 4.78 is 4.65. The Balaban J connectivity index is 3.96. The third-order valence-electron chi connectivity index (χ3n) is 1.28. The molecule has 0 heterocycles. The van der Waals surface area contributed by atoms with Crippen LogP contribution in [0.4, 0.5) is 4.79 Å². The molecule has 0 aromatic carbocycles. The van der Waals surface area contributed by atoms with E-state index in [1.807, 2.05) is 13.8 Å². The van der Waals surface area contributed by atoms with Crippen molar-refractivity contribution in [3.63, 3.8) is 0 Å². The van der Waals surface area contributed by atoms with Gasteiger partial charge in [0.25, 0.3) is 0 Å². The molecule has 0 aliphatic rings. The van der Waals surface area contributed by atoms with E-state index in [4.69, 9.17) is 0 Å². The molecule has 0 aliphatic heterocycles. The number of thiol groups is 1. The molecule has 0 aromatic rings. The molecule has 2 amide bonds. The Kier molecular flexibility index (Phi) is 4.41. The summed E-state index contributed by atoms with van der Waals surface area (Å²) in [5.74, 6) is 0. The Labute approximate surface area is 78.9 Å². The first-order chi connectivity index (χ1) is 5.39. The van der Waals surface area contributed by atoms with E-state index in [-0.39, 0.29) is 11.6 Å². The van der Waals surface area contributed by atoms with Crippen molar-refractivity contribution in [2.75, 3.05) is 20.7 Å². The molecule has 0 saturated heterocycles. The van der Waals surface area contributed by atoms with Crippen LogP contribution in [0.5, 0.6) is 0 Å². The minimum absolute atomic E-state index is 0.134. The second kappa shape index (κ2) is 4.57. The second-order valence-electron chi connectivity index (χ2n) is 3.48. The van der Waals surface area contributed by atoms with Crippen LogP contribution in [0.25, 0.3) is 0 Å². The maximum Gasteiger partial charge on any atom is 0.317 e. The maximum absolute atomic E-state index is 11.2. The van der Waals surface area contributed by atoms with Crippen LogP contribution < -0.4 is 5.32 Å². The first kappa shape index (κ1) is 11.6. The van der Waals surface area contributed by atoms with Crippen LogP contribution in [0.15, 0.2) is 0 Å².